The number of oxime groups is 1. The van der Waals surface area contributed by atoms with Gasteiger partial charge in [-0.15, -0.1) is 0 Å². The third-order valence-corrected chi connectivity index (χ3v) is 4.53. The Morgan fingerprint density at radius 1 is 1.33 bits per heavy atom. The van der Waals surface area contributed by atoms with Crippen molar-refractivity contribution in [3.63, 3.8) is 0 Å². The lowest BCUT2D eigenvalue weighted by Gasteiger charge is -2.34. The minimum atomic E-state index is -0.528. The molecule has 0 saturated carbocycles. The summed E-state index contributed by atoms with van der Waals surface area (Å²) in [5, 5.41) is 4.76. The Labute approximate surface area is 134 Å². The normalized spacial score (nSPS) is 25.1. The van der Waals surface area contributed by atoms with E-state index < -0.39 is 5.97 Å². The third-order valence-electron chi connectivity index (χ3n) is 3.79. The van der Waals surface area contributed by atoms with E-state index in [1.165, 1.54) is 6.07 Å². The molecule has 4 nitrogen and oxygen atoms in total. The first-order valence-corrected chi connectivity index (χ1v) is 7.57. The fourth-order valence-corrected chi connectivity index (χ4v) is 2.58. The average molecular weight is 329 g/mol. The maximum Gasteiger partial charge on any atom is 0.365 e. The summed E-state index contributed by atoms with van der Waals surface area (Å²) in [6.07, 6.45) is 0.798. The van der Waals surface area contributed by atoms with Gasteiger partial charge in [0.1, 0.15) is 0 Å². The van der Waals surface area contributed by atoms with Crippen molar-refractivity contribution < 1.29 is 9.63 Å². The van der Waals surface area contributed by atoms with Gasteiger partial charge in [-0.25, -0.2) is 4.79 Å². The van der Waals surface area contributed by atoms with Crippen molar-refractivity contribution in [2.75, 3.05) is 13.6 Å². The van der Waals surface area contributed by atoms with Crippen molar-refractivity contribution >= 4 is 34.9 Å². The van der Waals surface area contributed by atoms with Gasteiger partial charge in [0.2, 0.25) is 0 Å². The van der Waals surface area contributed by atoms with Gasteiger partial charge in [0.15, 0.2) is 0 Å². The fourth-order valence-electron chi connectivity index (χ4n) is 2.28. The van der Waals surface area contributed by atoms with Gasteiger partial charge < -0.3 is 9.74 Å². The molecule has 1 aliphatic heterocycles. The molecule has 1 aromatic carbocycles. The van der Waals surface area contributed by atoms with Gasteiger partial charge in [0.05, 0.1) is 21.3 Å². The van der Waals surface area contributed by atoms with Crippen LogP contribution >= 0.6 is 23.2 Å². The first kappa shape index (κ1) is 16.3. The van der Waals surface area contributed by atoms with Crippen LogP contribution in [-0.2, 0) is 4.84 Å². The van der Waals surface area contributed by atoms with E-state index in [2.05, 4.69) is 31.0 Å². The number of piperidine rings is 1. The lowest BCUT2D eigenvalue weighted by atomic mass is 9.93. The maximum absolute atomic E-state index is 12.0. The van der Waals surface area contributed by atoms with Gasteiger partial charge in [-0.05, 0) is 32.2 Å². The largest absolute Gasteiger partial charge is 0.365 e. The van der Waals surface area contributed by atoms with Gasteiger partial charge in [-0.3, -0.25) is 0 Å². The van der Waals surface area contributed by atoms with Crippen LogP contribution in [0.2, 0.25) is 10.0 Å². The lowest BCUT2D eigenvalue weighted by molar-refractivity contribution is 0.0508. The molecule has 0 unspecified atom stereocenters. The first-order chi connectivity index (χ1) is 9.88. The van der Waals surface area contributed by atoms with Crippen molar-refractivity contribution in [3.8, 4) is 0 Å². The van der Waals surface area contributed by atoms with Crippen LogP contribution in [0.5, 0.6) is 0 Å². The number of likely N-dealkylation sites (tertiary alicyclic amines) is 1. The van der Waals surface area contributed by atoms with Crippen LogP contribution in [0.4, 0.5) is 0 Å². The predicted molar refractivity (Wildman–Crippen MR) is 85.2 cm³/mol. The predicted octanol–water partition coefficient (Wildman–Crippen LogP) is 3.87. The van der Waals surface area contributed by atoms with Crippen LogP contribution in [0.1, 0.15) is 30.6 Å². The zero-order valence-electron chi connectivity index (χ0n) is 12.3. The van der Waals surface area contributed by atoms with Crippen molar-refractivity contribution in [1.29, 1.82) is 0 Å². The Balaban J connectivity index is 2.05. The number of carbonyl (C=O) groups is 1. The molecule has 2 atom stereocenters. The van der Waals surface area contributed by atoms with Crippen LogP contribution in [0, 0.1) is 5.92 Å². The van der Waals surface area contributed by atoms with E-state index in [-0.39, 0.29) is 5.92 Å². The SMILES string of the molecule is C[C@@H]1CN(C)[C@@H](C)C/C1=N\OC(=O)c1ccc(Cl)c(Cl)c1. The van der Waals surface area contributed by atoms with Crippen molar-refractivity contribution in [2.24, 2.45) is 11.1 Å². The number of carbonyl (C=O) groups excluding carboxylic acids is 1. The molecule has 21 heavy (non-hydrogen) atoms. The molecule has 1 aliphatic rings. The third kappa shape index (κ3) is 3.96. The Morgan fingerprint density at radius 3 is 2.71 bits per heavy atom. The number of nitrogens with zero attached hydrogens (tertiary/aromatic N) is 2. The Hall–Kier alpha value is -1.10. The van der Waals surface area contributed by atoms with E-state index in [9.17, 15) is 4.79 Å². The van der Waals surface area contributed by atoms with E-state index in [4.69, 9.17) is 28.0 Å². The molecule has 114 valence electrons. The summed E-state index contributed by atoms with van der Waals surface area (Å²) < 4.78 is 0. The molecule has 0 spiro atoms. The molecule has 0 amide bonds. The summed E-state index contributed by atoms with van der Waals surface area (Å²) in [4.78, 5) is 19.3. The molecular formula is C15H18Cl2N2O2. The van der Waals surface area contributed by atoms with E-state index in [0.717, 1.165) is 18.7 Å². The monoisotopic (exact) mass is 328 g/mol. The summed E-state index contributed by atoms with van der Waals surface area (Å²) in [5.41, 5.74) is 1.25. The lowest BCUT2D eigenvalue weighted by Crippen LogP contribution is -2.43. The molecule has 1 saturated heterocycles. The molecule has 6 heteroatoms. The topological polar surface area (TPSA) is 41.9 Å². The molecule has 1 heterocycles. The summed E-state index contributed by atoms with van der Waals surface area (Å²) in [7, 11) is 2.08. The number of halogens is 2. The minimum absolute atomic E-state index is 0.271. The quantitative estimate of drug-likeness (QED) is 0.611. The molecule has 0 radical (unpaired) electrons. The number of hydrogen-bond acceptors (Lipinski definition) is 4. The molecule has 1 aromatic rings. The zero-order chi connectivity index (χ0) is 15.6. The van der Waals surface area contributed by atoms with Crippen molar-refractivity contribution in [2.45, 2.75) is 26.3 Å². The highest BCUT2D eigenvalue weighted by Crippen LogP contribution is 2.23. The minimum Gasteiger partial charge on any atom is -0.313 e. The Kier molecular flexibility index (Phi) is 5.25. The van der Waals surface area contributed by atoms with Gasteiger partial charge in [-0.2, -0.15) is 0 Å². The molecule has 0 bridgehead atoms. The van der Waals surface area contributed by atoms with Gasteiger partial charge in [-0.1, -0.05) is 35.3 Å². The second-order valence-corrected chi connectivity index (χ2v) is 6.30. The highest BCUT2D eigenvalue weighted by atomic mass is 35.5. The van der Waals surface area contributed by atoms with E-state index in [0.29, 0.717) is 21.7 Å². The molecule has 0 aliphatic carbocycles. The first-order valence-electron chi connectivity index (χ1n) is 6.82. The van der Waals surface area contributed by atoms with Gasteiger partial charge in [0, 0.05) is 24.9 Å². The molecule has 0 N–H and O–H groups in total. The zero-order valence-corrected chi connectivity index (χ0v) is 13.8. The molecular weight excluding hydrogens is 311 g/mol. The van der Waals surface area contributed by atoms with Crippen molar-refractivity contribution in [3.05, 3.63) is 33.8 Å². The summed E-state index contributed by atoms with van der Waals surface area (Å²) in [5.74, 6) is -0.257. The van der Waals surface area contributed by atoms with E-state index in [1.807, 2.05) is 0 Å². The summed E-state index contributed by atoms with van der Waals surface area (Å²) >= 11 is 11.7. The van der Waals surface area contributed by atoms with E-state index in [1.54, 1.807) is 12.1 Å². The smallest absolute Gasteiger partial charge is 0.313 e. The van der Waals surface area contributed by atoms with Gasteiger partial charge in [0.25, 0.3) is 0 Å². The fraction of sp³-hybridized carbons (Fsp3) is 0.467. The number of rotatable bonds is 2. The van der Waals surface area contributed by atoms with E-state index >= 15 is 0 Å². The molecule has 0 aromatic heterocycles. The van der Waals surface area contributed by atoms with Crippen LogP contribution in [-0.4, -0.2) is 36.2 Å². The summed E-state index contributed by atoms with van der Waals surface area (Å²) in [6.45, 7) is 5.11. The molecule has 1 fully saturated rings. The summed E-state index contributed by atoms with van der Waals surface area (Å²) in [6, 6.07) is 5.00. The maximum atomic E-state index is 12.0. The number of benzene rings is 1. The second-order valence-electron chi connectivity index (χ2n) is 5.48. The van der Waals surface area contributed by atoms with Gasteiger partial charge >= 0.3 is 5.97 Å². The average Bonchev–Trinajstić information content (AvgIpc) is 2.44. The molecule has 2 rings (SSSR count). The Morgan fingerprint density at radius 2 is 2.05 bits per heavy atom. The number of hydrogen-bond donors (Lipinski definition) is 0. The highest BCUT2D eigenvalue weighted by Gasteiger charge is 2.26. The van der Waals surface area contributed by atoms with Crippen LogP contribution < -0.4 is 0 Å². The second kappa shape index (κ2) is 6.77. The van der Waals surface area contributed by atoms with Crippen LogP contribution in [0.15, 0.2) is 23.4 Å². The van der Waals surface area contributed by atoms with Crippen LogP contribution in [0.25, 0.3) is 0 Å². The standard InChI is InChI=1S/C15H18Cl2N2O2/c1-9-8-19(3)10(2)6-14(9)18-21-15(20)11-4-5-12(16)13(17)7-11/h4-5,7,9-10H,6,8H2,1-3H3/b18-14+/t9-,10+/m1/s1. The Bertz CT molecular complexity index is 575. The highest BCUT2D eigenvalue weighted by molar-refractivity contribution is 6.42. The van der Waals surface area contributed by atoms with Crippen molar-refractivity contribution in [1.82, 2.24) is 4.90 Å². The van der Waals surface area contributed by atoms with Crippen LogP contribution in [0.3, 0.4) is 0 Å².